The van der Waals surface area contributed by atoms with Gasteiger partial charge in [0.25, 0.3) is 0 Å². The van der Waals surface area contributed by atoms with Crippen LogP contribution in [0.3, 0.4) is 0 Å². The number of hydrogen-bond donors (Lipinski definition) is 1. The lowest BCUT2D eigenvalue weighted by molar-refractivity contribution is 0.201. The Balaban J connectivity index is 1.39. The summed E-state index contributed by atoms with van der Waals surface area (Å²) in [5.41, 5.74) is 8.29. The predicted molar refractivity (Wildman–Crippen MR) is 108 cm³/mol. The molecule has 2 N–H and O–H groups in total. The van der Waals surface area contributed by atoms with Crippen LogP contribution in [0.4, 0.5) is 4.39 Å². The maximum Gasteiger partial charge on any atom is 0.123 e. The van der Waals surface area contributed by atoms with Crippen molar-refractivity contribution in [3.63, 3.8) is 0 Å². The van der Waals surface area contributed by atoms with Crippen LogP contribution in [0.25, 0.3) is 0 Å². The molecule has 0 saturated carbocycles. The highest BCUT2D eigenvalue weighted by Crippen LogP contribution is 2.19. The number of likely N-dealkylation sites (tertiary alicyclic amines) is 1. The first-order chi connectivity index (χ1) is 13.1. The summed E-state index contributed by atoms with van der Waals surface area (Å²) in [5, 5.41) is 0. The molecule has 146 valence electrons. The molecule has 1 fully saturated rings. The van der Waals surface area contributed by atoms with E-state index in [2.05, 4.69) is 24.0 Å². The number of ether oxygens (including phenoxy) is 1. The molecular formula is C23H31FN2O. The monoisotopic (exact) mass is 370 g/mol. The van der Waals surface area contributed by atoms with E-state index in [0.29, 0.717) is 18.6 Å². The van der Waals surface area contributed by atoms with Crippen molar-refractivity contribution in [2.45, 2.75) is 45.3 Å². The molecule has 3 nitrogen and oxygen atoms in total. The summed E-state index contributed by atoms with van der Waals surface area (Å²) in [6.45, 7) is 6.25. The average molecular weight is 371 g/mol. The Morgan fingerprint density at radius 1 is 1.04 bits per heavy atom. The summed E-state index contributed by atoms with van der Waals surface area (Å²) >= 11 is 0. The van der Waals surface area contributed by atoms with Crippen molar-refractivity contribution in [1.82, 2.24) is 4.90 Å². The van der Waals surface area contributed by atoms with E-state index in [0.717, 1.165) is 43.7 Å². The second kappa shape index (κ2) is 9.86. The molecule has 0 radical (unpaired) electrons. The third-order valence-corrected chi connectivity index (χ3v) is 5.40. The third-order valence-electron chi connectivity index (χ3n) is 5.40. The molecule has 0 aromatic heterocycles. The first-order valence-electron chi connectivity index (χ1n) is 10.0. The SMILES string of the molecule is CC(CCN1CCC(N)CC1)Cc1ccc(OCc2ccc(F)cc2)cc1. The van der Waals surface area contributed by atoms with Crippen LogP contribution in [-0.4, -0.2) is 30.6 Å². The lowest BCUT2D eigenvalue weighted by atomic mass is 9.97. The molecule has 2 aromatic carbocycles. The molecular weight excluding hydrogens is 339 g/mol. The first kappa shape index (κ1) is 19.8. The van der Waals surface area contributed by atoms with E-state index in [9.17, 15) is 4.39 Å². The number of piperidine rings is 1. The molecule has 0 bridgehead atoms. The summed E-state index contributed by atoms with van der Waals surface area (Å²) in [4.78, 5) is 2.55. The number of hydrogen-bond acceptors (Lipinski definition) is 3. The summed E-state index contributed by atoms with van der Waals surface area (Å²) in [5.74, 6) is 1.29. The van der Waals surface area contributed by atoms with Gasteiger partial charge < -0.3 is 15.4 Å². The molecule has 3 rings (SSSR count). The second-order valence-electron chi connectivity index (χ2n) is 7.84. The highest BCUT2D eigenvalue weighted by Gasteiger charge is 2.16. The molecule has 4 heteroatoms. The van der Waals surface area contributed by atoms with Gasteiger partial charge in [0.1, 0.15) is 18.2 Å². The van der Waals surface area contributed by atoms with Gasteiger partial charge in [-0.3, -0.25) is 0 Å². The maximum absolute atomic E-state index is 12.9. The molecule has 1 aliphatic heterocycles. The topological polar surface area (TPSA) is 38.5 Å². The normalized spacial score (nSPS) is 17.0. The Bertz CT molecular complexity index is 679. The minimum Gasteiger partial charge on any atom is -0.489 e. The molecule has 1 saturated heterocycles. The van der Waals surface area contributed by atoms with E-state index in [4.69, 9.17) is 10.5 Å². The number of benzene rings is 2. The van der Waals surface area contributed by atoms with Crippen LogP contribution < -0.4 is 10.5 Å². The van der Waals surface area contributed by atoms with Gasteiger partial charge in [0.15, 0.2) is 0 Å². The van der Waals surface area contributed by atoms with Gasteiger partial charge in [-0.2, -0.15) is 0 Å². The molecule has 2 aromatic rings. The van der Waals surface area contributed by atoms with Gasteiger partial charge in [0, 0.05) is 6.04 Å². The summed E-state index contributed by atoms with van der Waals surface area (Å²) in [7, 11) is 0. The minimum absolute atomic E-state index is 0.221. The average Bonchev–Trinajstić information content (AvgIpc) is 2.68. The van der Waals surface area contributed by atoms with Gasteiger partial charge in [-0.25, -0.2) is 4.39 Å². The van der Waals surface area contributed by atoms with Crippen molar-refractivity contribution in [1.29, 1.82) is 0 Å². The van der Waals surface area contributed by atoms with Crippen LogP contribution in [0, 0.1) is 11.7 Å². The fourth-order valence-corrected chi connectivity index (χ4v) is 3.55. The van der Waals surface area contributed by atoms with Crippen LogP contribution in [0.2, 0.25) is 0 Å². The number of nitrogens with two attached hydrogens (primary N) is 1. The van der Waals surface area contributed by atoms with Crippen LogP contribution in [0.15, 0.2) is 48.5 Å². The lowest BCUT2D eigenvalue weighted by Crippen LogP contribution is -2.40. The minimum atomic E-state index is -0.221. The van der Waals surface area contributed by atoms with Gasteiger partial charge in [0.05, 0.1) is 0 Å². The predicted octanol–water partition coefficient (Wildman–Crippen LogP) is 4.40. The third kappa shape index (κ3) is 6.64. The molecule has 1 aliphatic rings. The van der Waals surface area contributed by atoms with Gasteiger partial charge >= 0.3 is 0 Å². The van der Waals surface area contributed by atoms with Crippen molar-refractivity contribution in [3.05, 3.63) is 65.5 Å². The van der Waals surface area contributed by atoms with Gasteiger partial charge in [0.2, 0.25) is 0 Å². The zero-order chi connectivity index (χ0) is 19.1. The van der Waals surface area contributed by atoms with E-state index in [1.54, 1.807) is 12.1 Å². The van der Waals surface area contributed by atoms with Crippen molar-refractivity contribution in [2.75, 3.05) is 19.6 Å². The van der Waals surface area contributed by atoms with Gasteiger partial charge in [-0.15, -0.1) is 0 Å². The fourth-order valence-electron chi connectivity index (χ4n) is 3.55. The van der Waals surface area contributed by atoms with Crippen LogP contribution in [0.5, 0.6) is 5.75 Å². The van der Waals surface area contributed by atoms with E-state index in [1.165, 1.54) is 30.7 Å². The number of halogens is 1. The van der Waals surface area contributed by atoms with Crippen molar-refractivity contribution < 1.29 is 9.13 Å². The first-order valence-corrected chi connectivity index (χ1v) is 10.0. The summed E-state index contributed by atoms with van der Waals surface area (Å²) < 4.78 is 18.7. The fraction of sp³-hybridized carbons (Fsp3) is 0.478. The summed E-state index contributed by atoms with van der Waals surface area (Å²) in [6, 6.07) is 15.2. The Hall–Kier alpha value is -1.91. The molecule has 1 atom stereocenters. The molecule has 0 spiro atoms. The Morgan fingerprint density at radius 3 is 2.33 bits per heavy atom. The zero-order valence-corrected chi connectivity index (χ0v) is 16.2. The molecule has 0 amide bonds. The quantitative estimate of drug-likeness (QED) is 0.749. The maximum atomic E-state index is 12.9. The Morgan fingerprint density at radius 2 is 1.67 bits per heavy atom. The number of nitrogens with zero attached hydrogens (tertiary/aromatic N) is 1. The van der Waals surface area contributed by atoms with Crippen molar-refractivity contribution >= 4 is 0 Å². The Kier molecular flexibility index (Phi) is 7.25. The van der Waals surface area contributed by atoms with Crippen LogP contribution >= 0.6 is 0 Å². The smallest absolute Gasteiger partial charge is 0.123 e. The molecule has 1 unspecified atom stereocenters. The second-order valence-corrected chi connectivity index (χ2v) is 7.84. The van der Waals surface area contributed by atoms with Crippen molar-refractivity contribution in [3.8, 4) is 5.75 Å². The van der Waals surface area contributed by atoms with E-state index in [-0.39, 0.29) is 5.82 Å². The zero-order valence-electron chi connectivity index (χ0n) is 16.2. The molecule has 27 heavy (non-hydrogen) atoms. The summed E-state index contributed by atoms with van der Waals surface area (Å²) in [6.07, 6.45) is 4.57. The molecule has 0 aliphatic carbocycles. The highest BCUT2D eigenvalue weighted by molar-refractivity contribution is 5.28. The van der Waals surface area contributed by atoms with Gasteiger partial charge in [-0.1, -0.05) is 31.2 Å². The van der Waals surface area contributed by atoms with E-state index in [1.807, 2.05) is 12.1 Å². The standard InChI is InChI=1S/C23H31FN2O/c1-18(10-13-26-14-11-22(25)12-15-26)16-19-4-8-23(9-5-19)27-17-20-2-6-21(24)7-3-20/h2-9,18,22H,10-17,25H2,1H3. The number of rotatable bonds is 8. The van der Waals surface area contributed by atoms with E-state index < -0.39 is 0 Å². The van der Waals surface area contributed by atoms with Crippen LogP contribution in [-0.2, 0) is 13.0 Å². The Labute approximate surface area is 162 Å². The highest BCUT2D eigenvalue weighted by atomic mass is 19.1. The lowest BCUT2D eigenvalue weighted by Gasteiger charge is -2.30. The van der Waals surface area contributed by atoms with E-state index >= 15 is 0 Å². The van der Waals surface area contributed by atoms with Crippen molar-refractivity contribution in [2.24, 2.45) is 11.7 Å². The molecule has 1 heterocycles. The largest absolute Gasteiger partial charge is 0.489 e. The van der Waals surface area contributed by atoms with Crippen LogP contribution in [0.1, 0.15) is 37.3 Å². The van der Waals surface area contributed by atoms with Gasteiger partial charge in [-0.05, 0) is 86.6 Å².